The van der Waals surface area contributed by atoms with Crippen LogP contribution in [0.25, 0.3) is 0 Å². The molecule has 1 saturated carbocycles. The molecule has 3 unspecified atom stereocenters. The second kappa shape index (κ2) is 5.31. The third-order valence-electron chi connectivity index (χ3n) is 5.07. The monoisotopic (exact) mass is 277 g/mol. The fourth-order valence-corrected chi connectivity index (χ4v) is 4.06. The number of Topliss-reactive ketones (excluding diaryl/α,β-unsaturated/α-hetero) is 1. The number of nitrogens with zero attached hydrogens (tertiary/aromatic N) is 1. The molecule has 4 heteroatoms. The third kappa shape index (κ3) is 2.19. The fourth-order valence-electron chi connectivity index (χ4n) is 4.06. The Hall–Kier alpha value is -1.18. The molecule has 0 N–H and O–H groups in total. The van der Waals surface area contributed by atoms with E-state index < -0.39 is 5.41 Å². The first-order valence-electron chi connectivity index (χ1n) is 7.16. The first-order chi connectivity index (χ1) is 9.37. The van der Waals surface area contributed by atoms with Gasteiger partial charge in [-0.15, -0.1) is 0 Å². The van der Waals surface area contributed by atoms with Crippen LogP contribution in [0.5, 0.6) is 0 Å². The molecule has 2 rings (SSSR count). The number of ether oxygens (including phenoxy) is 2. The molecule has 2 aliphatic carbocycles. The van der Waals surface area contributed by atoms with E-state index in [9.17, 15) is 10.1 Å². The summed E-state index contributed by atoms with van der Waals surface area (Å²) in [7, 11) is 1.60. The van der Waals surface area contributed by atoms with Crippen molar-refractivity contribution in [1.29, 1.82) is 5.26 Å². The van der Waals surface area contributed by atoms with Crippen molar-refractivity contribution in [2.75, 3.05) is 13.9 Å². The van der Waals surface area contributed by atoms with Crippen molar-refractivity contribution in [3.05, 3.63) is 11.6 Å². The van der Waals surface area contributed by atoms with E-state index in [0.717, 1.165) is 19.3 Å². The number of methoxy groups -OCH3 is 1. The molecule has 0 aromatic heterocycles. The van der Waals surface area contributed by atoms with Crippen LogP contribution in [0.1, 0.15) is 40.0 Å². The molecule has 20 heavy (non-hydrogen) atoms. The van der Waals surface area contributed by atoms with E-state index in [4.69, 9.17) is 9.47 Å². The van der Waals surface area contributed by atoms with Gasteiger partial charge in [-0.25, -0.2) is 0 Å². The van der Waals surface area contributed by atoms with E-state index >= 15 is 0 Å². The number of hydrogen-bond acceptors (Lipinski definition) is 4. The number of hydrogen-bond donors (Lipinski definition) is 0. The highest BCUT2D eigenvalue weighted by atomic mass is 16.7. The molecule has 0 spiro atoms. The Bertz CT molecular complexity index is 475. The van der Waals surface area contributed by atoms with Gasteiger partial charge in [-0.3, -0.25) is 4.79 Å². The largest absolute Gasteiger partial charge is 0.359 e. The maximum atomic E-state index is 12.4. The average Bonchev–Trinajstić information content (AvgIpc) is 2.41. The third-order valence-corrected chi connectivity index (χ3v) is 5.07. The lowest BCUT2D eigenvalue weighted by Crippen LogP contribution is -2.54. The molecule has 0 aromatic carbocycles. The molecule has 1 fully saturated rings. The van der Waals surface area contributed by atoms with Crippen LogP contribution in [-0.2, 0) is 14.3 Å². The number of nitriles is 1. The van der Waals surface area contributed by atoms with Gasteiger partial charge < -0.3 is 9.47 Å². The average molecular weight is 277 g/mol. The lowest BCUT2D eigenvalue weighted by atomic mass is 9.51. The summed E-state index contributed by atoms with van der Waals surface area (Å²) in [5.74, 6) is 0.171. The van der Waals surface area contributed by atoms with Crippen LogP contribution in [0.4, 0.5) is 0 Å². The maximum Gasteiger partial charge on any atom is 0.178 e. The zero-order valence-electron chi connectivity index (χ0n) is 12.7. The predicted molar refractivity (Wildman–Crippen MR) is 74.7 cm³/mol. The second-order valence-electron chi connectivity index (χ2n) is 6.63. The van der Waals surface area contributed by atoms with Gasteiger partial charge in [0.1, 0.15) is 12.9 Å². The van der Waals surface area contributed by atoms with E-state index in [-0.39, 0.29) is 35.6 Å². The number of ketones is 1. The summed E-state index contributed by atoms with van der Waals surface area (Å²) in [6.07, 6.45) is 4.83. The Morgan fingerprint density at radius 1 is 1.40 bits per heavy atom. The molecule has 0 heterocycles. The van der Waals surface area contributed by atoms with E-state index in [1.807, 2.05) is 19.9 Å². The summed E-state index contributed by atoms with van der Waals surface area (Å²) >= 11 is 0. The van der Waals surface area contributed by atoms with Gasteiger partial charge in [0.2, 0.25) is 0 Å². The minimum absolute atomic E-state index is 0.00285. The molecule has 110 valence electrons. The van der Waals surface area contributed by atoms with Gasteiger partial charge in [-0.2, -0.15) is 5.26 Å². The minimum atomic E-state index is -0.510. The van der Waals surface area contributed by atoms with E-state index in [1.165, 1.54) is 0 Å². The number of fused-ring (bicyclic) bond motifs is 1. The van der Waals surface area contributed by atoms with Gasteiger partial charge >= 0.3 is 0 Å². The van der Waals surface area contributed by atoms with Gasteiger partial charge in [0.15, 0.2) is 5.78 Å². The molecule has 4 nitrogen and oxygen atoms in total. The summed E-state index contributed by atoms with van der Waals surface area (Å²) in [6.45, 7) is 6.28. The molecule has 2 aliphatic rings. The lowest BCUT2D eigenvalue weighted by Gasteiger charge is -2.53. The van der Waals surface area contributed by atoms with Crippen molar-refractivity contribution in [3.63, 3.8) is 0 Å². The summed E-state index contributed by atoms with van der Waals surface area (Å²) in [5.41, 5.74) is -0.509. The normalized spacial score (nSPS) is 36.0. The summed E-state index contributed by atoms with van der Waals surface area (Å²) in [6, 6.07) is 2.07. The smallest absolute Gasteiger partial charge is 0.178 e. The molecule has 0 saturated heterocycles. The first-order valence-corrected chi connectivity index (χ1v) is 7.16. The van der Waals surface area contributed by atoms with Crippen molar-refractivity contribution < 1.29 is 14.3 Å². The standard InChI is InChI=1S/C16H23NO3/c1-15(2)12-6-5-7-13(20-10-19-4)16(12,3)8-11(9-17)14(15)18/h8,12-13H,5-7,10H2,1-4H3. The van der Waals surface area contributed by atoms with Crippen molar-refractivity contribution in [2.45, 2.75) is 46.1 Å². The number of allylic oxidation sites excluding steroid dienone is 1. The van der Waals surface area contributed by atoms with Crippen LogP contribution in [0, 0.1) is 28.1 Å². The highest BCUT2D eigenvalue weighted by Gasteiger charge is 2.55. The maximum absolute atomic E-state index is 12.4. The van der Waals surface area contributed by atoms with Crippen molar-refractivity contribution in [2.24, 2.45) is 16.7 Å². The Morgan fingerprint density at radius 2 is 2.10 bits per heavy atom. The predicted octanol–water partition coefficient (Wildman–Crippen LogP) is 2.84. The van der Waals surface area contributed by atoms with Crippen LogP contribution in [0.2, 0.25) is 0 Å². The summed E-state index contributed by atoms with van der Waals surface area (Å²) in [5, 5.41) is 9.26. The van der Waals surface area contributed by atoms with Crippen LogP contribution in [0.3, 0.4) is 0 Å². The van der Waals surface area contributed by atoms with Gasteiger partial charge in [-0.05, 0) is 18.8 Å². The molecule has 3 atom stereocenters. The zero-order chi connectivity index (χ0) is 15.0. The Kier molecular flexibility index (Phi) is 4.04. The van der Waals surface area contributed by atoms with Gasteiger partial charge in [-0.1, -0.05) is 33.3 Å². The quantitative estimate of drug-likeness (QED) is 0.744. The van der Waals surface area contributed by atoms with Crippen molar-refractivity contribution in [3.8, 4) is 6.07 Å². The molecule has 0 aliphatic heterocycles. The van der Waals surface area contributed by atoms with Crippen molar-refractivity contribution >= 4 is 5.78 Å². The molecular formula is C16H23NO3. The SMILES string of the molecule is COCOC1CCCC2C(C)(C)C(=O)C(C#N)=CC12C. The molecule has 0 amide bonds. The van der Waals surface area contributed by atoms with E-state index in [0.29, 0.717) is 0 Å². The Labute approximate surface area is 120 Å². The van der Waals surface area contributed by atoms with Gasteiger partial charge in [0.25, 0.3) is 0 Å². The number of carbonyl (C=O) groups excluding carboxylic acids is 1. The molecule has 0 bridgehead atoms. The number of carbonyl (C=O) groups is 1. The first kappa shape index (κ1) is 15.2. The molecule has 0 radical (unpaired) electrons. The number of rotatable bonds is 3. The highest BCUT2D eigenvalue weighted by Crippen LogP contribution is 2.55. The lowest BCUT2D eigenvalue weighted by molar-refractivity contribution is -0.157. The van der Waals surface area contributed by atoms with Crippen LogP contribution >= 0.6 is 0 Å². The van der Waals surface area contributed by atoms with Crippen LogP contribution in [-0.4, -0.2) is 25.8 Å². The summed E-state index contributed by atoms with van der Waals surface area (Å²) in [4.78, 5) is 12.4. The summed E-state index contributed by atoms with van der Waals surface area (Å²) < 4.78 is 10.9. The van der Waals surface area contributed by atoms with E-state index in [2.05, 4.69) is 13.0 Å². The minimum Gasteiger partial charge on any atom is -0.359 e. The van der Waals surface area contributed by atoms with Crippen LogP contribution < -0.4 is 0 Å². The molecular weight excluding hydrogens is 254 g/mol. The topological polar surface area (TPSA) is 59.3 Å². The van der Waals surface area contributed by atoms with Gasteiger partial charge in [0.05, 0.1) is 11.7 Å². The van der Waals surface area contributed by atoms with Crippen LogP contribution in [0.15, 0.2) is 11.6 Å². The Balaban J connectivity index is 2.44. The zero-order valence-corrected chi connectivity index (χ0v) is 12.7. The Morgan fingerprint density at radius 3 is 2.70 bits per heavy atom. The van der Waals surface area contributed by atoms with Crippen molar-refractivity contribution in [1.82, 2.24) is 0 Å². The van der Waals surface area contributed by atoms with Gasteiger partial charge in [0, 0.05) is 17.9 Å². The second-order valence-corrected chi connectivity index (χ2v) is 6.63. The van der Waals surface area contributed by atoms with E-state index in [1.54, 1.807) is 7.11 Å². The molecule has 0 aromatic rings. The fraction of sp³-hybridized carbons (Fsp3) is 0.750. The highest BCUT2D eigenvalue weighted by molar-refractivity contribution is 6.04.